The molecule has 9 heteroatoms. The summed E-state index contributed by atoms with van der Waals surface area (Å²) in [5.74, 6) is 0. The van der Waals surface area contributed by atoms with Crippen molar-refractivity contribution in [1.29, 1.82) is 0 Å². The zero-order valence-electron chi connectivity index (χ0n) is 6.23. The van der Waals surface area contributed by atoms with Gasteiger partial charge in [0.1, 0.15) is 22.2 Å². The van der Waals surface area contributed by atoms with Gasteiger partial charge in [-0.05, 0) is 0 Å². The minimum atomic E-state index is -1.61. The van der Waals surface area contributed by atoms with Crippen LogP contribution >= 0.6 is 0 Å². The van der Waals surface area contributed by atoms with Crippen LogP contribution in [0.1, 0.15) is 0 Å². The zero-order chi connectivity index (χ0) is 7.15. The zero-order valence-corrected chi connectivity index (χ0v) is 10.8. The Balaban J connectivity index is -0.0000000171. The van der Waals surface area contributed by atoms with Crippen molar-refractivity contribution >= 4 is 22.2 Å². The van der Waals surface area contributed by atoms with Gasteiger partial charge in [0.25, 0.3) is 0 Å². The molecule has 0 radical (unpaired) electrons. The van der Waals surface area contributed by atoms with Crippen molar-refractivity contribution in [2.24, 2.45) is 0 Å². The first-order valence-corrected chi connectivity index (χ1v) is 4.54. The molecule has 6 N–H and O–H groups in total. The standard InChI is InChI=1S/2CH4O2S.2H2O.Zn/c2*1-4(2)3;;;/h2*1H3,(H,2,3);2*1H2;. The van der Waals surface area contributed by atoms with E-state index in [2.05, 4.69) is 0 Å². The van der Waals surface area contributed by atoms with Crippen molar-refractivity contribution in [3.05, 3.63) is 0 Å². The van der Waals surface area contributed by atoms with Crippen LogP contribution in [0, 0.1) is 0 Å². The van der Waals surface area contributed by atoms with Crippen molar-refractivity contribution in [2.75, 3.05) is 12.5 Å². The van der Waals surface area contributed by atoms with Gasteiger partial charge in [-0.15, -0.1) is 0 Å². The smallest absolute Gasteiger partial charge is 0.149 e. The van der Waals surface area contributed by atoms with Gasteiger partial charge in [-0.1, -0.05) is 0 Å². The van der Waals surface area contributed by atoms with Crippen LogP contribution in [0.4, 0.5) is 0 Å². The predicted molar refractivity (Wildman–Crippen MR) is 40.6 cm³/mol. The average Bonchev–Trinajstić information content (AvgIpc) is 1.25. The van der Waals surface area contributed by atoms with Gasteiger partial charge in [-0.2, -0.15) is 0 Å². The van der Waals surface area contributed by atoms with Crippen molar-refractivity contribution in [1.82, 2.24) is 0 Å². The maximum atomic E-state index is 9.11. The molecule has 0 saturated heterocycles. The molecule has 0 rings (SSSR count). The molecule has 0 bridgehead atoms. The second-order valence-electron chi connectivity index (χ2n) is 0.848. The van der Waals surface area contributed by atoms with Gasteiger partial charge in [0.05, 0.1) is 0 Å². The summed E-state index contributed by atoms with van der Waals surface area (Å²) in [4.78, 5) is 0. The van der Waals surface area contributed by atoms with Gasteiger partial charge in [-0.25, -0.2) is 8.42 Å². The number of rotatable bonds is 0. The van der Waals surface area contributed by atoms with Crippen molar-refractivity contribution in [3.8, 4) is 0 Å². The quantitative estimate of drug-likeness (QED) is 0.385. The minimum Gasteiger partial charge on any atom is -0.412 e. The molecule has 11 heavy (non-hydrogen) atoms. The molecule has 0 aromatic heterocycles. The van der Waals surface area contributed by atoms with E-state index in [0.29, 0.717) is 0 Å². The molecule has 0 aromatic carbocycles. The van der Waals surface area contributed by atoms with E-state index in [-0.39, 0.29) is 30.4 Å². The third-order valence-electron chi connectivity index (χ3n) is 0. The first-order chi connectivity index (χ1) is 3.46. The fraction of sp³-hybridized carbons (Fsp3) is 1.00. The molecule has 0 amide bonds. The fourth-order valence-electron chi connectivity index (χ4n) is 0. The van der Waals surface area contributed by atoms with Crippen LogP contribution < -0.4 is 0 Å². The summed E-state index contributed by atoms with van der Waals surface area (Å²) in [6, 6.07) is 0. The number of hydrogen-bond donors (Lipinski definition) is 2. The van der Waals surface area contributed by atoms with Gasteiger partial charge >= 0.3 is 0 Å². The normalized spacial score (nSPS) is 11.3. The van der Waals surface area contributed by atoms with Crippen molar-refractivity contribution < 1.29 is 48.0 Å². The van der Waals surface area contributed by atoms with Gasteiger partial charge in [0.2, 0.25) is 0 Å². The predicted octanol–water partition coefficient (Wildman–Crippen LogP) is -1.98. The first-order valence-electron chi connectivity index (χ1n) is 1.51. The summed E-state index contributed by atoms with van der Waals surface area (Å²) in [6.45, 7) is 0. The third kappa shape index (κ3) is 1420. The Labute approximate surface area is 82.7 Å². The van der Waals surface area contributed by atoms with Crippen molar-refractivity contribution in [3.63, 3.8) is 0 Å². The van der Waals surface area contributed by atoms with Crippen LogP contribution in [-0.2, 0) is 41.6 Å². The SMILES string of the molecule is CS(=O)O.CS(=O)O.O.O.[Zn]. The Kier molecular flexibility index (Phi) is 60.7. The number of hydrogen-bond acceptors (Lipinski definition) is 2. The van der Waals surface area contributed by atoms with Crippen LogP contribution in [-0.4, -0.2) is 41.0 Å². The van der Waals surface area contributed by atoms with Crippen LogP contribution in [0.15, 0.2) is 0 Å². The molecule has 0 aliphatic carbocycles. The molecular formula is C2H12O6S2Zn. The van der Waals surface area contributed by atoms with E-state index in [0.717, 1.165) is 0 Å². The van der Waals surface area contributed by atoms with E-state index in [1.54, 1.807) is 0 Å². The summed E-state index contributed by atoms with van der Waals surface area (Å²) >= 11 is -3.22. The maximum absolute atomic E-state index is 9.11. The summed E-state index contributed by atoms with van der Waals surface area (Å²) < 4.78 is 33.3. The summed E-state index contributed by atoms with van der Waals surface area (Å²) in [7, 11) is 0. The molecular weight excluding hydrogens is 250 g/mol. The molecule has 2 atom stereocenters. The Bertz CT molecular complexity index is 76.6. The Morgan fingerprint density at radius 3 is 0.909 bits per heavy atom. The van der Waals surface area contributed by atoms with E-state index < -0.39 is 22.2 Å². The second kappa shape index (κ2) is 22.4. The van der Waals surface area contributed by atoms with Gasteiger partial charge in [0.15, 0.2) is 0 Å². The van der Waals surface area contributed by atoms with Crippen molar-refractivity contribution in [2.45, 2.75) is 0 Å². The topological polar surface area (TPSA) is 138 Å². The molecule has 0 aliphatic rings. The maximum Gasteiger partial charge on any atom is 0.149 e. The molecule has 0 spiro atoms. The minimum absolute atomic E-state index is 0. The largest absolute Gasteiger partial charge is 0.412 e. The van der Waals surface area contributed by atoms with E-state index in [4.69, 9.17) is 17.5 Å². The molecule has 2 unspecified atom stereocenters. The van der Waals surface area contributed by atoms with Crippen LogP contribution in [0.2, 0.25) is 0 Å². The fourth-order valence-corrected chi connectivity index (χ4v) is 0. The molecule has 0 heterocycles. The van der Waals surface area contributed by atoms with E-state index in [1.165, 1.54) is 12.5 Å². The van der Waals surface area contributed by atoms with Gasteiger partial charge in [0, 0.05) is 32.0 Å². The molecule has 0 fully saturated rings. The van der Waals surface area contributed by atoms with E-state index >= 15 is 0 Å². The van der Waals surface area contributed by atoms with Gasteiger partial charge < -0.3 is 20.1 Å². The molecule has 0 aliphatic heterocycles. The Hall–Kier alpha value is 0.763. The summed E-state index contributed by atoms with van der Waals surface area (Å²) in [5, 5.41) is 0. The first kappa shape index (κ1) is 29.8. The summed E-state index contributed by atoms with van der Waals surface area (Å²) in [6.07, 6.45) is 2.39. The average molecular weight is 262 g/mol. The molecule has 6 nitrogen and oxygen atoms in total. The molecule has 0 aromatic rings. The molecule has 70 valence electrons. The Morgan fingerprint density at radius 1 is 0.909 bits per heavy atom. The van der Waals surface area contributed by atoms with Crippen LogP contribution in [0.3, 0.4) is 0 Å². The van der Waals surface area contributed by atoms with E-state index in [9.17, 15) is 0 Å². The van der Waals surface area contributed by atoms with Crippen LogP contribution in [0.25, 0.3) is 0 Å². The second-order valence-corrected chi connectivity index (χ2v) is 2.54. The van der Waals surface area contributed by atoms with E-state index in [1.807, 2.05) is 0 Å². The third-order valence-corrected chi connectivity index (χ3v) is 0. The Morgan fingerprint density at radius 2 is 0.909 bits per heavy atom. The summed E-state index contributed by atoms with van der Waals surface area (Å²) in [5.41, 5.74) is 0. The van der Waals surface area contributed by atoms with Crippen LogP contribution in [0.5, 0.6) is 0 Å². The monoisotopic (exact) mass is 260 g/mol. The van der Waals surface area contributed by atoms with Gasteiger partial charge in [-0.3, -0.25) is 0 Å². The molecule has 0 saturated carbocycles.